The zero-order valence-corrected chi connectivity index (χ0v) is 12.4. The molecule has 0 amide bonds. The molecule has 0 unspecified atom stereocenters. The topological polar surface area (TPSA) is 20.3 Å². The summed E-state index contributed by atoms with van der Waals surface area (Å²) < 4.78 is 0. The van der Waals surface area contributed by atoms with Crippen LogP contribution in [-0.2, 0) is 4.79 Å². The number of likely N-dealkylation sites (tertiary alicyclic amines) is 1. The van der Waals surface area contributed by atoms with Crippen LogP contribution in [0.3, 0.4) is 0 Å². The molecule has 2 nitrogen and oxygen atoms in total. The Morgan fingerprint density at radius 1 is 1.06 bits per heavy atom. The molecule has 1 heterocycles. The molecule has 2 heteroatoms. The second-order valence-electron chi connectivity index (χ2n) is 7.36. The highest BCUT2D eigenvalue weighted by Gasteiger charge is 2.30. The number of hydrogen-bond donors (Lipinski definition) is 0. The lowest BCUT2D eigenvalue weighted by atomic mass is 9.75. The molecule has 0 aromatic carbocycles. The molecule has 0 atom stereocenters. The summed E-state index contributed by atoms with van der Waals surface area (Å²) >= 11 is 0. The van der Waals surface area contributed by atoms with Crippen molar-refractivity contribution in [3.63, 3.8) is 0 Å². The highest BCUT2D eigenvalue weighted by Crippen LogP contribution is 2.34. The molecule has 0 radical (unpaired) electrons. The minimum Gasteiger partial charge on any atom is -0.298 e. The average molecular weight is 251 g/mol. The lowest BCUT2D eigenvalue weighted by Crippen LogP contribution is -2.41. The fraction of sp³-hybridized carbons (Fsp3) is 0.938. The van der Waals surface area contributed by atoms with Crippen molar-refractivity contribution >= 4 is 5.78 Å². The Bertz CT molecular complexity index is 278. The maximum atomic E-state index is 12.2. The van der Waals surface area contributed by atoms with Gasteiger partial charge in [0, 0.05) is 5.92 Å². The van der Waals surface area contributed by atoms with Crippen molar-refractivity contribution in [1.29, 1.82) is 0 Å². The second kappa shape index (κ2) is 5.73. The fourth-order valence-corrected chi connectivity index (χ4v) is 3.55. The Morgan fingerprint density at radius 3 is 2.11 bits per heavy atom. The summed E-state index contributed by atoms with van der Waals surface area (Å²) in [5.41, 5.74) is 0.432. The first-order chi connectivity index (χ1) is 8.47. The number of ketones is 1. The van der Waals surface area contributed by atoms with Crippen LogP contribution in [0.5, 0.6) is 0 Å². The molecular formula is C16H29NO. The maximum Gasteiger partial charge on any atom is 0.149 e. The molecule has 1 aliphatic carbocycles. The molecule has 1 saturated heterocycles. The van der Waals surface area contributed by atoms with Crippen LogP contribution in [0.2, 0.25) is 0 Å². The lowest BCUT2D eigenvalue weighted by Gasteiger charge is -2.38. The van der Waals surface area contributed by atoms with E-state index < -0.39 is 0 Å². The summed E-state index contributed by atoms with van der Waals surface area (Å²) in [4.78, 5) is 14.5. The van der Waals surface area contributed by atoms with E-state index in [0.717, 1.165) is 38.4 Å². The van der Waals surface area contributed by atoms with Crippen LogP contribution >= 0.6 is 0 Å². The number of piperidine rings is 1. The van der Waals surface area contributed by atoms with Gasteiger partial charge < -0.3 is 0 Å². The Balaban J connectivity index is 1.75. The molecule has 2 rings (SSSR count). The van der Waals surface area contributed by atoms with Gasteiger partial charge in [0.1, 0.15) is 5.78 Å². The lowest BCUT2D eigenvalue weighted by molar-refractivity contribution is -0.124. The van der Waals surface area contributed by atoms with E-state index in [9.17, 15) is 4.79 Å². The van der Waals surface area contributed by atoms with Gasteiger partial charge in [-0.05, 0) is 50.1 Å². The summed E-state index contributed by atoms with van der Waals surface area (Å²) in [6, 6.07) is 0. The van der Waals surface area contributed by atoms with E-state index >= 15 is 0 Å². The smallest absolute Gasteiger partial charge is 0.149 e. The van der Waals surface area contributed by atoms with E-state index in [4.69, 9.17) is 0 Å². The van der Waals surface area contributed by atoms with Gasteiger partial charge in [-0.1, -0.05) is 33.6 Å². The number of carbonyl (C=O) groups is 1. The average Bonchev–Trinajstić information content (AvgIpc) is 2.82. The van der Waals surface area contributed by atoms with Crippen LogP contribution < -0.4 is 0 Å². The molecule has 0 bridgehead atoms. The van der Waals surface area contributed by atoms with Crippen molar-refractivity contribution in [2.24, 2.45) is 17.3 Å². The van der Waals surface area contributed by atoms with E-state index in [0.29, 0.717) is 17.1 Å². The monoisotopic (exact) mass is 251 g/mol. The SMILES string of the molecule is CC(C)(C)C1CCN(CC(=O)C2CCCC2)CC1. The van der Waals surface area contributed by atoms with Crippen LogP contribution in [0.25, 0.3) is 0 Å². The molecule has 2 fully saturated rings. The third kappa shape index (κ3) is 3.57. The first kappa shape index (κ1) is 14.0. The van der Waals surface area contributed by atoms with Crippen molar-refractivity contribution in [2.75, 3.05) is 19.6 Å². The molecule has 0 N–H and O–H groups in total. The Labute approximate surface area is 112 Å². The molecular weight excluding hydrogens is 222 g/mol. The predicted molar refractivity (Wildman–Crippen MR) is 75.6 cm³/mol. The van der Waals surface area contributed by atoms with Crippen LogP contribution in [-0.4, -0.2) is 30.3 Å². The summed E-state index contributed by atoms with van der Waals surface area (Å²) in [5, 5.41) is 0. The van der Waals surface area contributed by atoms with Crippen molar-refractivity contribution in [3.05, 3.63) is 0 Å². The number of carbonyl (C=O) groups excluding carboxylic acids is 1. The van der Waals surface area contributed by atoms with Gasteiger partial charge in [0.15, 0.2) is 0 Å². The van der Waals surface area contributed by atoms with Gasteiger partial charge in [-0.2, -0.15) is 0 Å². The third-order valence-electron chi connectivity index (χ3n) is 5.00. The minimum absolute atomic E-state index is 0.394. The molecule has 2 aliphatic rings. The molecule has 0 aromatic rings. The van der Waals surface area contributed by atoms with Crippen LogP contribution in [0.15, 0.2) is 0 Å². The Hall–Kier alpha value is -0.370. The van der Waals surface area contributed by atoms with Crippen LogP contribution in [0.1, 0.15) is 59.3 Å². The molecule has 0 aromatic heterocycles. The zero-order chi connectivity index (χ0) is 13.2. The third-order valence-corrected chi connectivity index (χ3v) is 5.00. The van der Waals surface area contributed by atoms with E-state index in [1.807, 2.05) is 0 Å². The van der Waals surface area contributed by atoms with Crippen molar-refractivity contribution in [1.82, 2.24) is 4.90 Å². The van der Waals surface area contributed by atoms with Gasteiger partial charge in [0.2, 0.25) is 0 Å². The molecule has 1 saturated carbocycles. The standard InChI is InChI=1S/C16H29NO/c1-16(2,3)14-8-10-17(11-9-14)12-15(18)13-6-4-5-7-13/h13-14H,4-12H2,1-3H3. The van der Waals surface area contributed by atoms with E-state index in [2.05, 4.69) is 25.7 Å². The van der Waals surface area contributed by atoms with Crippen molar-refractivity contribution in [3.8, 4) is 0 Å². The molecule has 1 aliphatic heterocycles. The molecule has 0 spiro atoms. The number of nitrogens with zero attached hydrogens (tertiary/aromatic N) is 1. The van der Waals surface area contributed by atoms with Crippen molar-refractivity contribution < 1.29 is 4.79 Å². The van der Waals surface area contributed by atoms with E-state index in [1.165, 1.54) is 25.7 Å². The summed E-state index contributed by atoms with van der Waals surface area (Å²) in [5.74, 6) is 1.74. The Morgan fingerprint density at radius 2 is 1.61 bits per heavy atom. The first-order valence-corrected chi connectivity index (χ1v) is 7.72. The van der Waals surface area contributed by atoms with Gasteiger partial charge in [0.25, 0.3) is 0 Å². The van der Waals surface area contributed by atoms with E-state index in [1.54, 1.807) is 0 Å². The molecule has 104 valence electrons. The normalized spacial score (nSPS) is 24.6. The highest BCUT2D eigenvalue weighted by molar-refractivity contribution is 5.83. The number of hydrogen-bond acceptors (Lipinski definition) is 2. The minimum atomic E-state index is 0.394. The summed E-state index contributed by atoms with van der Waals surface area (Å²) in [6.45, 7) is 10.0. The quantitative estimate of drug-likeness (QED) is 0.765. The van der Waals surface area contributed by atoms with Crippen molar-refractivity contribution in [2.45, 2.75) is 59.3 Å². The number of Topliss-reactive ketones (excluding diaryl/α,β-unsaturated/α-hetero) is 1. The van der Waals surface area contributed by atoms with Gasteiger partial charge >= 0.3 is 0 Å². The second-order valence-corrected chi connectivity index (χ2v) is 7.36. The van der Waals surface area contributed by atoms with Crippen LogP contribution in [0.4, 0.5) is 0 Å². The first-order valence-electron chi connectivity index (χ1n) is 7.72. The maximum absolute atomic E-state index is 12.2. The predicted octanol–water partition coefficient (Wildman–Crippen LogP) is 3.50. The summed E-state index contributed by atoms with van der Waals surface area (Å²) in [7, 11) is 0. The van der Waals surface area contributed by atoms with Gasteiger partial charge in [0.05, 0.1) is 6.54 Å². The van der Waals surface area contributed by atoms with E-state index in [-0.39, 0.29) is 0 Å². The van der Waals surface area contributed by atoms with Gasteiger partial charge in [-0.25, -0.2) is 0 Å². The highest BCUT2D eigenvalue weighted by atomic mass is 16.1. The van der Waals surface area contributed by atoms with Gasteiger partial charge in [-0.3, -0.25) is 9.69 Å². The summed E-state index contributed by atoms with van der Waals surface area (Å²) in [6.07, 6.45) is 7.36. The largest absolute Gasteiger partial charge is 0.298 e. The number of rotatable bonds is 3. The molecule has 18 heavy (non-hydrogen) atoms. The fourth-order valence-electron chi connectivity index (χ4n) is 3.55. The van der Waals surface area contributed by atoms with Gasteiger partial charge in [-0.15, -0.1) is 0 Å². The zero-order valence-electron chi connectivity index (χ0n) is 12.4. The van der Waals surface area contributed by atoms with Crippen LogP contribution in [0, 0.1) is 17.3 Å². The Kier molecular flexibility index (Phi) is 4.47.